The molecule has 0 saturated carbocycles. The second-order valence-corrected chi connectivity index (χ2v) is 7.66. The van der Waals surface area contributed by atoms with E-state index in [1.54, 1.807) is 0 Å². The van der Waals surface area contributed by atoms with Crippen molar-refractivity contribution in [3.05, 3.63) is 72.4 Å². The van der Waals surface area contributed by atoms with Crippen LogP contribution < -0.4 is 4.90 Å². The first kappa shape index (κ1) is 15.8. The molecule has 2 heterocycles. The summed E-state index contributed by atoms with van der Waals surface area (Å²) < 4.78 is 0. The Balaban J connectivity index is 1.88. The maximum Gasteiger partial charge on any atom is 0.138 e. The Morgan fingerprint density at radius 3 is 2.44 bits per heavy atom. The number of aromatic nitrogens is 1. The molecule has 1 aliphatic rings. The average molecular weight is 329 g/mol. The van der Waals surface area contributed by atoms with Crippen LogP contribution in [0.25, 0.3) is 10.9 Å². The minimum Gasteiger partial charge on any atom is -0.324 e. The number of para-hydroxylation sites is 2. The summed E-state index contributed by atoms with van der Waals surface area (Å²) in [6.07, 6.45) is 1.86. The average Bonchev–Trinajstić information content (AvgIpc) is 3.07. The van der Waals surface area contributed by atoms with Crippen LogP contribution in [0.3, 0.4) is 0 Å². The molecule has 0 fully saturated rings. The largest absolute Gasteiger partial charge is 0.324 e. The monoisotopic (exact) mass is 329 g/mol. The van der Waals surface area contributed by atoms with Gasteiger partial charge in [-0.3, -0.25) is 9.98 Å². The van der Waals surface area contributed by atoms with Gasteiger partial charge >= 0.3 is 0 Å². The molecular formula is C22H23N3. The van der Waals surface area contributed by atoms with Crippen molar-refractivity contribution < 1.29 is 0 Å². The lowest BCUT2D eigenvalue weighted by Gasteiger charge is -2.26. The molecule has 0 amide bonds. The Morgan fingerprint density at radius 1 is 0.920 bits per heavy atom. The minimum atomic E-state index is 0.118. The smallest absolute Gasteiger partial charge is 0.138 e. The molecule has 0 radical (unpaired) electrons. The lowest BCUT2D eigenvalue weighted by atomic mass is 9.87. The van der Waals surface area contributed by atoms with E-state index >= 15 is 0 Å². The number of amidine groups is 1. The highest BCUT2D eigenvalue weighted by molar-refractivity contribution is 6.17. The summed E-state index contributed by atoms with van der Waals surface area (Å²) in [6.45, 7) is 7.67. The number of anilines is 1. The van der Waals surface area contributed by atoms with Gasteiger partial charge in [-0.25, -0.2) is 0 Å². The van der Waals surface area contributed by atoms with E-state index in [0.29, 0.717) is 0 Å². The van der Waals surface area contributed by atoms with Crippen LogP contribution in [0.5, 0.6) is 0 Å². The van der Waals surface area contributed by atoms with Crippen LogP contribution in [0.2, 0.25) is 0 Å². The van der Waals surface area contributed by atoms with Crippen LogP contribution >= 0.6 is 0 Å². The normalized spacial score (nSPS) is 17.8. The zero-order valence-electron chi connectivity index (χ0n) is 15.0. The molecule has 3 nitrogen and oxygen atoms in total. The highest BCUT2D eigenvalue weighted by Crippen LogP contribution is 2.33. The van der Waals surface area contributed by atoms with Crippen molar-refractivity contribution in [3.63, 3.8) is 0 Å². The number of benzene rings is 2. The first-order valence-electron chi connectivity index (χ1n) is 8.78. The van der Waals surface area contributed by atoms with Crippen LogP contribution in [-0.4, -0.2) is 23.4 Å². The second-order valence-electron chi connectivity index (χ2n) is 7.66. The van der Waals surface area contributed by atoms with Gasteiger partial charge in [-0.15, -0.1) is 0 Å². The molecule has 3 heteroatoms. The van der Waals surface area contributed by atoms with E-state index in [2.05, 4.69) is 85.3 Å². The van der Waals surface area contributed by atoms with Gasteiger partial charge in [0.2, 0.25) is 0 Å². The second kappa shape index (κ2) is 5.99. The molecule has 0 unspecified atom stereocenters. The van der Waals surface area contributed by atoms with Crippen LogP contribution in [0.4, 0.5) is 5.69 Å². The Bertz CT molecular complexity index is 917. The van der Waals surface area contributed by atoms with E-state index in [0.717, 1.165) is 28.8 Å². The Morgan fingerprint density at radius 2 is 1.68 bits per heavy atom. The molecule has 1 aliphatic heterocycles. The van der Waals surface area contributed by atoms with Gasteiger partial charge in [0.1, 0.15) is 5.84 Å². The van der Waals surface area contributed by atoms with Gasteiger partial charge in [0, 0.05) is 29.4 Å². The molecule has 25 heavy (non-hydrogen) atoms. The van der Waals surface area contributed by atoms with Crippen LogP contribution in [0.1, 0.15) is 26.3 Å². The minimum absolute atomic E-state index is 0.118. The fourth-order valence-corrected chi connectivity index (χ4v) is 3.32. The van der Waals surface area contributed by atoms with Gasteiger partial charge in [0.15, 0.2) is 0 Å². The summed E-state index contributed by atoms with van der Waals surface area (Å²) in [6, 6.07) is 21.2. The van der Waals surface area contributed by atoms with Gasteiger partial charge < -0.3 is 4.90 Å². The zero-order valence-corrected chi connectivity index (χ0v) is 15.0. The number of hydrogen-bond donors (Lipinski definition) is 0. The number of pyridine rings is 1. The lowest BCUT2D eigenvalue weighted by molar-refractivity contribution is 0.337. The molecule has 0 N–H and O–H groups in total. The van der Waals surface area contributed by atoms with E-state index in [1.807, 2.05) is 12.3 Å². The predicted molar refractivity (Wildman–Crippen MR) is 105 cm³/mol. The summed E-state index contributed by atoms with van der Waals surface area (Å²) in [5.74, 6) is 1.02. The first-order valence-corrected chi connectivity index (χ1v) is 8.78. The van der Waals surface area contributed by atoms with Crippen molar-refractivity contribution in [2.75, 3.05) is 11.4 Å². The number of fused-ring (bicyclic) bond motifs is 1. The van der Waals surface area contributed by atoms with E-state index in [9.17, 15) is 0 Å². The highest BCUT2D eigenvalue weighted by Gasteiger charge is 2.35. The number of rotatable bonds is 2. The molecule has 1 aromatic heterocycles. The molecule has 0 aliphatic carbocycles. The summed E-state index contributed by atoms with van der Waals surface area (Å²) in [4.78, 5) is 12.1. The molecule has 0 saturated heterocycles. The first-order chi connectivity index (χ1) is 12.0. The molecule has 126 valence electrons. The van der Waals surface area contributed by atoms with Crippen LogP contribution in [-0.2, 0) is 0 Å². The van der Waals surface area contributed by atoms with E-state index in [1.165, 1.54) is 5.69 Å². The number of hydrogen-bond acceptors (Lipinski definition) is 3. The summed E-state index contributed by atoms with van der Waals surface area (Å²) >= 11 is 0. The molecule has 1 atom stereocenters. The fraction of sp³-hybridized carbons (Fsp3) is 0.273. The highest BCUT2D eigenvalue weighted by atomic mass is 15.3. The standard InChI is InChI=1S/C22H23N3/c1-22(2,3)19-15-25(17-11-5-4-6-12-17)21(24-19)18-13-7-9-16-10-8-14-23-20(16)18/h4-14,19H,15H2,1-3H3/t19-/m1/s1. The van der Waals surface area contributed by atoms with Gasteiger partial charge in [0.25, 0.3) is 0 Å². The third kappa shape index (κ3) is 2.91. The van der Waals surface area contributed by atoms with Gasteiger partial charge in [0.05, 0.1) is 11.6 Å². The molecule has 0 spiro atoms. The van der Waals surface area contributed by atoms with E-state index < -0.39 is 0 Å². The summed E-state index contributed by atoms with van der Waals surface area (Å²) in [5.41, 5.74) is 3.42. The predicted octanol–water partition coefficient (Wildman–Crippen LogP) is 4.92. The Hall–Kier alpha value is -2.68. The lowest BCUT2D eigenvalue weighted by Crippen LogP contribution is -2.34. The third-order valence-corrected chi connectivity index (χ3v) is 4.83. The van der Waals surface area contributed by atoms with Crippen molar-refractivity contribution in [2.45, 2.75) is 26.8 Å². The van der Waals surface area contributed by atoms with Crippen LogP contribution in [0, 0.1) is 5.41 Å². The maximum atomic E-state index is 5.14. The van der Waals surface area contributed by atoms with Crippen molar-refractivity contribution in [3.8, 4) is 0 Å². The fourth-order valence-electron chi connectivity index (χ4n) is 3.32. The molecule has 3 aromatic rings. The zero-order chi connectivity index (χ0) is 17.4. The number of nitrogens with zero attached hydrogens (tertiary/aromatic N) is 3. The third-order valence-electron chi connectivity index (χ3n) is 4.83. The topological polar surface area (TPSA) is 28.5 Å². The van der Waals surface area contributed by atoms with Crippen LogP contribution in [0.15, 0.2) is 71.9 Å². The van der Waals surface area contributed by atoms with Gasteiger partial charge in [-0.2, -0.15) is 0 Å². The maximum absolute atomic E-state index is 5.14. The van der Waals surface area contributed by atoms with Gasteiger partial charge in [-0.05, 0) is 29.7 Å². The number of aliphatic imine (C=N–C) groups is 1. The Labute approximate surface area is 149 Å². The van der Waals surface area contributed by atoms with Crippen molar-refractivity contribution in [2.24, 2.45) is 10.4 Å². The summed E-state index contributed by atoms with van der Waals surface area (Å²) in [5, 5.41) is 1.15. The Kier molecular flexibility index (Phi) is 3.79. The molecule has 2 aromatic carbocycles. The molecule has 4 rings (SSSR count). The quantitative estimate of drug-likeness (QED) is 0.668. The van der Waals surface area contributed by atoms with Crippen molar-refractivity contribution in [1.82, 2.24) is 4.98 Å². The SMILES string of the molecule is CC(C)(C)[C@H]1CN(c2ccccc2)C(c2cccc3cccnc23)=N1. The van der Waals surface area contributed by atoms with Crippen molar-refractivity contribution >= 4 is 22.4 Å². The van der Waals surface area contributed by atoms with E-state index in [4.69, 9.17) is 4.99 Å². The molecule has 0 bridgehead atoms. The summed E-state index contributed by atoms with van der Waals surface area (Å²) in [7, 11) is 0. The van der Waals surface area contributed by atoms with Gasteiger partial charge in [-0.1, -0.05) is 57.2 Å². The van der Waals surface area contributed by atoms with Crippen molar-refractivity contribution in [1.29, 1.82) is 0 Å². The van der Waals surface area contributed by atoms with E-state index in [-0.39, 0.29) is 11.5 Å². The molecular weight excluding hydrogens is 306 g/mol.